The Labute approximate surface area is 112 Å². The molecule has 1 atom stereocenters. The van der Waals surface area contributed by atoms with E-state index in [4.69, 9.17) is 9.84 Å². The lowest BCUT2D eigenvalue weighted by atomic mass is 10.1. The summed E-state index contributed by atoms with van der Waals surface area (Å²) < 4.78 is 4.83. The molecule has 1 amide bonds. The van der Waals surface area contributed by atoms with Crippen LogP contribution in [0.25, 0.3) is 0 Å². The van der Waals surface area contributed by atoms with Gasteiger partial charge in [0.05, 0.1) is 6.42 Å². The smallest absolute Gasteiger partial charge is 0.326 e. The van der Waals surface area contributed by atoms with Gasteiger partial charge in [-0.05, 0) is 18.1 Å². The third-order valence-corrected chi connectivity index (χ3v) is 2.86. The number of nitrogens with one attached hydrogen (secondary N) is 1. The summed E-state index contributed by atoms with van der Waals surface area (Å²) in [5.41, 5.74) is 1.91. The number of aliphatic carboxylic acids is 1. The Hall–Kier alpha value is -1.88. The minimum atomic E-state index is -1.05. The number of carboxylic acids is 1. The predicted molar refractivity (Wildman–Crippen MR) is 70.9 cm³/mol. The highest BCUT2D eigenvalue weighted by Crippen LogP contribution is 2.07. The molecule has 2 N–H and O–H groups in total. The van der Waals surface area contributed by atoms with E-state index in [-0.39, 0.29) is 18.7 Å². The lowest BCUT2D eigenvalue weighted by Crippen LogP contribution is -2.42. The van der Waals surface area contributed by atoms with Crippen molar-refractivity contribution in [1.82, 2.24) is 5.32 Å². The number of hydrogen-bond acceptors (Lipinski definition) is 3. The summed E-state index contributed by atoms with van der Waals surface area (Å²) >= 11 is 0. The molecular formula is C14H19NO4. The summed E-state index contributed by atoms with van der Waals surface area (Å²) in [5, 5.41) is 11.5. The molecule has 0 bridgehead atoms. The van der Waals surface area contributed by atoms with Gasteiger partial charge in [0.15, 0.2) is 0 Å². The van der Waals surface area contributed by atoms with Gasteiger partial charge in [0.1, 0.15) is 6.04 Å². The fourth-order valence-electron chi connectivity index (χ4n) is 1.72. The fourth-order valence-corrected chi connectivity index (χ4v) is 1.72. The number of carbonyl (C=O) groups excluding carboxylic acids is 1. The molecule has 104 valence electrons. The lowest BCUT2D eigenvalue weighted by Gasteiger charge is -2.14. The Morgan fingerprint density at radius 1 is 1.37 bits per heavy atom. The van der Waals surface area contributed by atoms with E-state index in [2.05, 4.69) is 5.32 Å². The first-order chi connectivity index (χ1) is 9.04. The Morgan fingerprint density at radius 3 is 2.63 bits per heavy atom. The van der Waals surface area contributed by atoms with Crippen LogP contribution in [0.4, 0.5) is 0 Å². The summed E-state index contributed by atoms with van der Waals surface area (Å²) in [6, 6.07) is 6.63. The van der Waals surface area contributed by atoms with Crippen LogP contribution in [0.1, 0.15) is 17.5 Å². The molecule has 1 unspecified atom stereocenters. The van der Waals surface area contributed by atoms with Crippen LogP contribution in [0.2, 0.25) is 0 Å². The third-order valence-electron chi connectivity index (χ3n) is 2.86. The standard InChI is InChI=1S/C14H19NO4/c1-10-5-3-4-6-11(10)9-13(16)15-12(14(17)18)7-8-19-2/h3-6,12H,7-9H2,1-2H3,(H,15,16)(H,17,18). The van der Waals surface area contributed by atoms with Gasteiger partial charge in [-0.15, -0.1) is 0 Å². The Kier molecular flexibility index (Phi) is 6.02. The topological polar surface area (TPSA) is 75.6 Å². The van der Waals surface area contributed by atoms with Gasteiger partial charge >= 0.3 is 5.97 Å². The van der Waals surface area contributed by atoms with E-state index >= 15 is 0 Å². The average molecular weight is 265 g/mol. The van der Waals surface area contributed by atoms with Gasteiger partial charge in [0, 0.05) is 20.1 Å². The van der Waals surface area contributed by atoms with Crippen molar-refractivity contribution in [2.24, 2.45) is 0 Å². The van der Waals surface area contributed by atoms with E-state index in [0.29, 0.717) is 6.61 Å². The number of benzene rings is 1. The average Bonchev–Trinajstić information content (AvgIpc) is 2.37. The zero-order valence-corrected chi connectivity index (χ0v) is 11.2. The van der Waals surface area contributed by atoms with Crippen LogP contribution in [0.15, 0.2) is 24.3 Å². The monoisotopic (exact) mass is 265 g/mol. The molecule has 0 saturated carbocycles. The largest absolute Gasteiger partial charge is 0.480 e. The van der Waals surface area contributed by atoms with Crippen LogP contribution in [-0.4, -0.2) is 36.7 Å². The second-order valence-electron chi connectivity index (χ2n) is 4.34. The van der Waals surface area contributed by atoms with Gasteiger partial charge in [0.2, 0.25) is 5.91 Å². The SMILES string of the molecule is COCCC(NC(=O)Cc1ccccc1C)C(=O)O. The summed E-state index contributed by atoms with van der Waals surface area (Å²) in [7, 11) is 1.49. The van der Waals surface area contributed by atoms with Crippen molar-refractivity contribution in [3.05, 3.63) is 35.4 Å². The first kappa shape index (κ1) is 15.2. The van der Waals surface area contributed by atoms with Crippen LogP contribution in [0.5, 0.6) is 0 Å². The maximum Gasteiger partial charge on any atom is 0.326 e. The molecule has 0 heterocycles. The van der Waals surface area contributed by atoms with Crippen molar-refractivity contribution in [3.8, 4) is 0 Å². The van der Waals surface area contributed by atoms with Gasteiger partial charge < -0.3 is 15.2 Å². The molecule has 0 spiro atoms. The second kappa shape index (κ2) is 7.53. The molecule has 0 aliphatic rings. The predicted octanol–water partition coefficient (Wildman–Crippen LogP) is 1.14. The van der Waals surface area contributed by atoms with E-state index in [1.165, 1.54) is 7.11 Å². The van der Waals surface area contributed by atoms with Gasteiger partial charge in [-0.2, -0.15) is 0 Å². The Balaban J connectivity index is 2.58. The van der Waals surface area contributed by atoms with E-state index in [9.17, 15) is 9.59 Å². The van der Waals surface area contributed by atoms with Crippen molar-refractivity contribution < 1.29 is 19.4 Å². The minimum absolute atomic E-state index is 0.184. The summed E-state index contributed by atoms with van der Waals surface area (Å²) in [6.45, 7) is 2.21. The maximum atomic E-state index is 11.8. The summed E-state index contributed by atoms with van der Waals surface area (Å²) in [4.78, 5) is 22.8. The lowest BCUT2D eigenvalue weighted by molar-refractivity contribution is -0.142. The molecule has 5 heteroatoms. The maximum absolute atomic E-state index is 11.8. The van der Waals surface area contributed by atoms with Crippen LogP contribution in [-0.2, 0) is 20.7 Å². The Bertz CT molecular complexity index is 445. The molecule has 0 aromatic heterocycles. The molecule has 0 aliphatic carbocycles. The number of aryl methyl sites for hydroxylation is 1. The molecule has 19 heavy (non-hydrogen) atoms. The molecule has 0 fully saturated rings. The third kappa shape index (κ3) is 5.09. The van der Waals surface area contributed by atoms with Gasteiger partial charge in [-0.3, -0.25) is 4.79 Å². The number of hydrogen-bond donors (Lipinski definition) is 2. The minimum Gasteiger partial charge on any atom is -0.480 e. The van der Waals surface area contributed by atoms with Crippen LogP contribution < -0.4 is 5.32 Å². The van der Waals surface area contributed by atoms with Gasteiger partial charge in [-0.1, -0.05) is 24.3 Å². The fraction of sp³-hybridized carbons (Fsp3) is 0.429. The molecule has 0 radical (unpaired) electrons. The summed E-state index contributed by atoms with van der Waals surface area (Å²) in [5.74, 6) is -1.34. The Morgan fingerprint density at radius 2 is 2.05 bits per heavy atom. The first-order valence-electron chi connectivity index (χ1n) is 6.10. The molecule has 5 nitrogen and oxygen atoms in total. The highest BCUT2D eigenvalue weighted by atomic mass is 16.5. The van der Waals surface area contributed by atoms with Crippen LogP contribution >= 0.6 is 0 Å². The van der Waals surface area contributed by atoms with E-state index in [1.807, 2.05) is 31.2 Å². The zero-order chi connectivity index (χ0) is 14.3. The first-order valence-corrected chi connectivity index (χ1v) is 6.10. The van der Waals surface area contributed by atoms with E-state index in [0.717, 1.165) is 11.1 Å². The number of carbonyl (C=O) groups is 2. The van der Waals surface area contributed by atoms with E-state index in [1.54, 1.807) is 0 Å². The highest BCUT2D eigenvalue weighted by Gasteiger charge is 2.19. The van der Waals surface area contributed by atoms with Crippen molar-refractivity contribution in [3.63, 3.8) is 0 Å². The molecule has 0 saturated heterocycles. The number of methoxy groups -OCH3 is 1. The molecule has 1 aromatic rings. The molecule has 1 rings (SSSR count). The number of ether oxygens (including phenoxy) is 1. The van der Waals surface area contributed by atoms with Crippen LogP contribution in [0, 0.1) is 6.92 Å². The highest BCUT2D eigenvalue weighted by molar-refractivity contribution is 5.85. The molecular weight excluding hydrogens is 246 g/mol. The number of amides is 1. The number of rotatable bonds is 7. The van der Waals surface area contributed by atoms with E-state index < -0.39 is 12.0 Å². The van der Waals surface area contributed by atoms with Crippen LogP contribution in [0.3, 0.4) is 0 Å². The van der Waals surface area contributed by atoms with Crippen molar-refractivity contribution in [2.45, 2.75) is 25.8 Å². The molecule has 1 aromatic carbocycles. The van der Waals surface area contributed by atoms with Crippen molar-refractivity contribution in [2.75, 3.05) is 13.7 Å². The van der Waals surface area contributed by atoms with Crippen molar-refractivity contribution >= 4 is 11.9 Å². The summed E-state index contributed by atoms with van der Waals surface area (Å²) in [6.07, 6.45) is 0.439. The van der Waals surface area contributed by atoms with Crippen molar-refractivity contribution in [1.29, 1.82) is 0 Å². The zero-order valence-electron chi connectivity index (χ0n) is 11.2. The molecule has 0 aliphatic heterocycles. The normalized spacial score (nSPS) is 11.9. The van der Waals surface area contributed by atoms with Gasteiger partial charge in [-0.25, -0.2) is 4.79 Å². The van der Waals surface area contributed by atoms with Gasteiger partial charge in [0.25, 0.3) is 0 Å². The quantitative estimate of drug-likeness (QED) is 0.775. The second-order valence-corrected chi connectivity index (χ2v) is 4.34. The number of carboxylic acid groups (broad SMARTS) is 1.